The van der Waals surface area contributed by atoms with E-state index in [-0.39, 0.29) is 18.0 Å². The third-order valence-electron chi connectivity index (χ3n) is 3.54. The average molecular weight is 284 g/mol. The smallest absolute Gasteiger partial charge is 0.167 e. The molecular weight excluding hydrogens is 263 g/mol. The van der Waals surface area contributed by atoms with E-state index >= 15 is 0 Å². The third kappa shape index (κ3) is 2.81. The Kier molecular flexibility index (Phi) is 4.67. The van der Waals surface area contributed by atoms with Gasteiger partial charge in [-0.3, -0.25) is 0 Å². The second-order valence-electron chi connectivity index (χ2n) is 4.73. The molecule has 2 rings (SSSR count). The summed E-state index contributed by atoms with van der Waals surface area (Å²) in [6, 6.07) is 2.93. The highest BCUT2D eigenvalue weighted by Gasteiger charge is 2.34. The Hall–Kier alpha value is -1.53. The maximum atomic E-state index is 13.7. The number of anilines is 2. The lowest BCUT2D eigenvalue weighted by Gasteiger charge is -2.21. The zero-order chi connectivity index (χ0) is 14.7. The molecule has 0 aromatic heterocycles. The zero-order valence-electron chi connectivity index (χ0n) is 12.1. The topological polar surface area (TPSA) is 57.0 Å². The van der Waals surface area contributed by atoms with Gasteiger partial charge in [0.25, 0.3) is 0 Å². The van der Waals surface area contributed by atoms with E-state index in [9.17, 15) is 4.39 Å². The molecule has 1 aliphatic heterocycles. The van der Waals surface area contributed by atoms with E-state index < -0.39 is 5.82 Å². The quantitative estimate of drug-likeness (QED) is 0.833. The fourth-order valence-corrected chi connectivity index (χ4v) is 2.49. The molecule has 1 aromatic carbocycles. The van der Waals surface area contributed by atoms with Gasteiger partial charge < -0.3 is 24.8 Å². The van der Waals surface area contributed by atoms with Gasteiger partial charge in [0, 0.05) is 39.4 Å². The first kappa shape index (κ1) is 14.9. The molecule has 0 amide bonds. The van der Waals surface area contributed by atoms with Crippen molar-refractivity contribution in [3.63, 3.8) is 0 Å². The van der Waals surface area contributed by atoms with E-state index in [2.05, 4.69) is 0 Å². The molecule has 0 bridgehead atoms. The Morgan fingerprint density at radius 3 is 2.35 bits per heavy atom. The molecule has 0 spiro atoms. The van der Waals surface area contributed by atoms with Gasteiger partial charge in [0.2, 0.25) is 0 Å². The predicted molar refractivity (Wildman–Crippen MR) is 75.8 cm³/mol. The van der Waals surface area contributed by atoms with Crippen molar-refractivity contribution in [3.05, 3.63) is 17.9 Å². The molecule has 2 unspecified atom stereocenters. The van der Waals surface area contributed by atoms with E-state index in [4.69, 9.17) is 19.9 Å². The van der Waals surface area contributed by atoms with Crippen LogP contribution in [0.4, 0.5) is 15.8 Å². The fraction of sp³-hybridized carbons (Fsp3) is 0.571. The molecule has 0 aliphatic carbocycles. The normalized spacial score (nSPS) is 22.3. The number of methoxy groups -OCH3 is 2. The summed E-state index contributed by atoms with van der Waals surface area (Å²) in [5, 5.41) is 0. The van der Waals surface area contributed by atoms with Crippen molar-refractivity contribution in [2.75, 3.05) is 44.5 Å². The molecule has 5 nitrogen and oxygen atoms in total. The first-order chi connectivity index (χ1) is 9.60. The minimum Gasteiger partial charge on any atom is -0.491 e. The van der Waals surface area contributed by atoms with E-state index in [0.29, 0.717) is 25.4 Å². The number of benzene rings is 1. The molecule has 6 heteroatoms. The lowest BCUT2D eigenvalue weighted by atomic mass is 10.2. The number of ether oxygens (including phenoxy) is 3. The van der Waals surface area contributed by atoms with E-state index in [1.54, 1.807) is 20.3 Å². The highest BCUT2D eigenvalue weighted by molar-refractivity contribution is 5.70. The molecule has 1 aliphatic rings. The number of nitrogens with two attached hydrogens (primary N) is 1. The third-order valence-corrected chi connectivity index (χ3v) is 3.54. The summed E-state index contributed by atoms with van der Waals surface area (Å²) in [4.78, 5) is 2.03. The van der Waals surface area contributed by atoms with Gasteiger partial charge in [-0.1, -0.05) is 0 Å². The van der Waals surface area contributed by atoms with Crippen molar-refractivity contribution in [2.45, 2.75) is 19.1 Å². The number of halogens is 1. The van der Waals surface area contributed by atoms with Crippen molar-refractivity contribution in [1.29, 1.82) is 0 Å². The zero-order valence-corrected chi connectivity index (χ0v) is 12.1. The highest BCUT2D eigenvalue weighted by atomic mass is 19.1. The Morgan fingerprint density at radius 1 is 1.25 bits per heavy atom. The Bertz CT molecular complexity index is 458. The molecule has 1 fully saturated rings. The van der Waals surface area contributed by atoms with Gasteiger partial charge in [-0.05, 0) is 6.92 Å². The van der Waals surface area contributed by atoms with Crippen molar-refractivity contribution < 1.29 is 18.6 Å². The summed E-state index contributed by atoms with van der Waals surface area (Å²) in [5.41, 5.74) is 7.05. The van der Waals surface area contributed by atoms with Crippen molar-refractivity contribution >= 4 is 11.4 Å². The van der Waals surface area contributed by atoms with Crippen molar-refractivity contribution in [3.8, 4) is 5.75 Å². The van der Waals surface area contributed by atoms with Crippen molar-refractivity contribution in [2.24, 2.45) is 0 Å². The summed E-state index contributed by atoms with van der Waals surface area (Å²) < 4.78 is 29.8. The maximum absolute atomic E-state index is 13.7. The molecule has 1 heterocycles. The summed E-state index contributed by atoms with van der Waals surface area (Å²) in [6.45, 7) is 3.52. The first-order valence-corrected chi connectivity index (χ1v) is 6.63. The summed E-state index contributed by atoms with van der Waals surface area (Å²) in [5.74, 6) is -0.231. The van der Waals surface area contributed by atoms with Crippen LogP contribution in [-0.4, -0.2) is 46.1 Å². The van der Waals surface area contributed by atoms with Crippen LogP contribution in [0.15, 0.2) is 12.1 Å². The lowest BCUT2D eigenvalue weighted by molar-refractivity contribution is -0.00461. The fourth-order valence-electron chi connectivity index (χ4n) is 2.49. The van der Waals surface area contributed by atoms with E-state index in [0.717, 1.165) is 5.69 Å². The second kappa shape index (κ2) is 6.28. The van der Waals surface area contributed by atoms with E-state index in [1.807, 2.05) is 11.8 Å². The van der Waals surface area contributed by atoms with Gasteiger partial charge in [-0.25, -0.2) is 4.39 Å². The number of hydrogen-bond donors (Lipinski definition) is 1. The molecule has 20 heavy (non-hydrogen) atoms. The standard InChI is InChI=1S/C14H21FN2O3/c1-4-20-12-6-11(10(16)5-9(12)15)17-7-13(18-2)14(8-17)19-3/h5-6,13-14H,4,7-8,16H2,1-3H3. The van der Waals surface area contributed by atoms with Crippen LogP contribution < -0.4 is 15.4 Å². The van der Waals surface area contributed by atoms with Crippen LogP contribution in [0.25, 0.3) is 0 Å². The van der Waals surface area contributed by atoms with Crippen LogP contribution in [0.1, 0.15) is 6.92 Å². The SMILES string of the molecule is CCOc1cc(N2CC(OC)C(OC)C2)c(N)cc1F. The van der Waals surface area contributed by atoms with Gasteiger partial charge in [0.15, 0.2) is 11.6 Å². The predicted octanol–water partition coefficient (Wildman–Crippen LogP) is 1.66. The van der Waals surface area contributed by atoms with Gasteiger partial charge in [0.1, 0.15) is 12.2 Å². The summed E-state index contributed by atoms with van der Waals surface area (Å²) in [7, 11) is 3.31. The largest absolute Gasteiger partial charge is 0.491 e. The first-order valence-electron chi connectivity index (χ1n) is 6.63. The Labute approximate surface area is 118 Å². The minimum atomic E-state index is -0.445. The van der Waals surface area contributed by atoms with Crippen molar-refractivity contribution in [1.82, 2.24) is 0 Å². The monoisotopic (exact) mass is 284 g/mol. The number of hydrogen-bond acceptors (Lipinski definition) is 5. The molecule has 1 aromatic rings. The van der Waals surface area contributed by atoms with E-state index in [1.165, 1.54) is 6.07 Å². The van der Waals surface area contributed by atoms with Crippen LogP contribution >= 0.6 is 0 Å². The van der Waals surface area contributed by atoms with Crippen LogP contribution in [0.3, 0.4) is 0 Å². The van der Waals surface area contributed by atoms with Crippen LogP contribution in [0, 0.1) is 5.82 Å². The van der Waals surface area contributed by atoms with Crippen LogP contribution in [0.2, 0.25) is 0 Å². The maximum Gasteiger partial charge on any atom is 0.167 e. The molecule has 0 radical (unpaired) electrons. The molecular formula is C14H21FN2O3. The number of nitrogen functional groups attached to an aromatic ring is 1. The van der Waals surface area contributed by atoms with Gasteiger partial charge >= 0.3 is 0 Å². The van der Waals surface area contributed by atoms with Gasteiger partial charge in [-0.15, -0.1) is 0 Å². The number of rotatable bonds is 5. The molecule has 0 saturated carbocycles. The molecule has 2 N–H and O–H groups in total. The Balaban J connectivity index is 2.26. The molecule has 112 valence electrons. The molecule has 2 atom stereocenters. The Morgan fingerprint density at radius 2 is 1.85 bits per heavy atom. The average Bonchev–Trinajstić information content (AvgIpc) is 2.85. The second-order valence-corrected chi connectivity index (χ2v) is 4.73. The van der Waals surface area contributed by atoms with Crippen LogP contribution in [-0.2, 0) is 9.47 Å². The highest BCUT2D eigenvalue weighted by Crippen LogP contribution is 2.34. The minimum absolute atomic E-state index is 0.0278. The number of nitrogens with zero attached hydrogens (tertiary/aromatic N) is 1. The summed E-state index contributed by atoms with van der Waals surface area (Å²) >= 11 is 0. The van der Waals surface area contributed by atoms with Crippen LogP contribution in [0.5, 0.6) is 5.75 Å². The van der Waals surface area contributed by atoms with Gasteiger partial charge in [0.05, 0.1) is 18.0 Å². The molecule has 1 saturated heterocycles. The summed E-state index contributed by atoms with van der Waals surface area (Å²) in [6.07, 6.45) is -0.0556. The van der Waals surface area contributed by atoms with Gasteiger partial charge in [-0.2, -0.15) is 0 Å². The lowest BCUT2D eigenvalue weighted by Crippen LogP contribution is -2.27.